The normalized spacial score (nSPS) is 30.8. The molecule has 2 heteroatoms. The standard InChI is InChI=1S/C15H18O2/c1-8-4-5-9(2)13-11(8)6-7-12-10(3)15(16)17-14(12)13/h4-5,10,12,14H,6-7H2,1-3H3/t10-,12-,14-/m0/s1. The lowest BCUT2D eigenvalue weighted by Crippen LogP contribution is -2.22. The highest BCUT2D eigenvalue weighted by atomic mass is 16.6. The second-order valence-electron chi connectivity index (χ2n) is 5.44. The molecule has 0 spiro atoms. The number of rotatable bonds is 0. The van der Waals surface area contributed by atoms with Gasteiger partial charge in [0.2, 0.25) is 0 Å². The molecule has 1 aliphatic heterocycles. The number of hydrogen-bond acceptors (Lipinski definition) is 2. The van der Waals surface area contributed by atoms with Crippen LogP contribution in [0, 0.1) is 25.7 Å². The van der Waals surface area contributed by atoms with Crippen LogP contribution in [0.25, 0.3) is 0 Å². The highest BCUT2D eigenvalue weighted by Crippen LogP contribution is 2.47. The maximum atomic E-state index is 11.7. The van der Waals surface area contributed by atoms with Crippen molar-refractivity contribution in [3.8, 4) is 0 Å². The van der Waals surface area contributed by atoms with Crippen molar-refractivity contribution in [2.75, 3.05) is 0 Å². The van der Waals surface area contributed by atoms with Crippen molar-refractivity contribution < 1.29 is 9.53 Å². The lowest BCUT2D eigenvalue weighted by molar-refractivity contribution is -0.144. The highest BCUT2D eigenvalue weighted by molar-refractivity contribution is 5.75. The number of carbonyl (C=O) groups is 1. The van der Waals surface area contributed by atoms with Crippen molar-refractivity contribution in [2.45, 2.75) is 39.7 Å². The molecule has 0 amide bonds. The Bertz CT molecular complexity index is 490. The zero-order valence-corrected chi connectivity index (χ0v) is 10.6. The van der Waals surface area contributed by atoms with Crippen molar-refractivity contribution in [1.82, 2.24) is 0 Å². The Morgan fingerprint density at radius 3 is 2.71 bits per heavy atom. The molecule has 17 heavy (non-hydrogen) atoms. The van der Waals surface area contributed by atoms with Gasteiger partial charge in [-0.1, -0.05) is 19.1 Å². The zero-order chi connectivity index (χ0) is 12.2. The topological polar surface area (TPSA) is 26.3 Å². The summed E-state index contributed by atoms with van der Waals surface area (Å²) in [6, 6.07) is 4.32. The molecule has 90 valence electrons. The number of benzene rings is 1. The molecular formula is C15H18O2. The van der Waals surface area contributed by atoms with Gasteiger partial charge in [-0.05, 0) is 48.9 Å². The minimum atomic E-state index is -0.0197. The van der Waals surface area contributed by atoms with Gasteiger partial charge in [0.1, 0.15) is 6.10 Å². The molecule has 1 saturated heterocycles. The molecule has 3 atom stereocenters. The summed E-state index contributed by atoms with van der Waals surface area (Å²) in [5.41, 5.74) is 5.30. The van der Waals surface area contributed by atoms with E-state index in [9.17, 15) is 4.79 Å². The summed E-state index contributed by atoms with van der Waals surface area (Å²) < 4.78 is 5.60. The first-order valence-electron chi connectivity index (χ1n) is 6.39. The van der Waals surface area contributed by atoms with E-state index in [0.717, 1.165) is 12.8 Å². The molecule has 2 aliphatic rings. The molecule has 1 aromatic carbocycles. The summed E-state index contributed by atoms with van der Waals surface area (Å²) in [6.07, 6.45) is 2.18. The first-order chi connectivity index (χ1) is 8.09. The molecule has 0 N–H and O–H groups in total. The Morgan fingerprint density at radius 1 is 1.24 bits per heavy atom. The van der Waals surface area contributed by atoms with Gasteiger partial charge in [0.25, 0.3) is 0 Å². The molecule has 0 aromatic heterocycles. The van der Waals surface area contributed by atoms with Crippen LogP contribution in [0.1, 0.15) is 41.7 Å². The van der Waals surface area contributed by atoms with E-state index in [1.54, 1.807) is 0 Å². The van der Waals surface area contributed by atoms with E-state index < -0.39 is 0 Å². The first kappa shape index (κ1) is 10.8. The van der Waals surface area contributed by atoms with Crippen LogP contribution in [0.5, 0.6) is 0 Å². The molecule has 3 rings (SSSR count). The number of aryl methyl sites for hydroxylation is 2. The maximum Gasteiger partial charge on any atom is 0.309 e. The summed E-state index contributed by atoms with van der Waals surface area (Å²) in [6.45, 7) is 6.28. The van der Waals surface area contributed by atoms with Crippen LogP contribution in [0.15, 0.2) is 12.1 Å². The van der Waals surface area contributed by atoms with Crippen molar-refractivity contribution in [2.24, 2.45) is 11.8 Å². The molecule has 1 heterocycles. The molecule has 2 nitrogen and oxygen atoms in total. The predicted octanol–water partition coefficient (Wildman–Crippen LogP) is 3.10. The second-order valence-corrected chi connectivity index (χ2v) is 5.44. The van der Waals surface area contributed by atoms with E-state index in [1.807, 2.05) is 6.92 Å². The second kappa shape index (κ2) is 3.59. The maximum absolute atomic E-state index is 11.7. The van der Waals surface area contributed by atoms with Crippen LogP contribution in [-0.2, 0) is 16.0 Å². The smallest absolute Gasteiger partial charge is 0.309 e. The van der Waals surface area contributed by atoms with Crippen molar-refractivity contribution in [3.63, 3.8) is 0 Å². The number of ether oxygens (including phenoxy) is 1. The van der Waals surface area contributed by atoms with Gasteiger partial charge >= 0.3 is 5.97 Å². The van der Waals surface area contributed by atoms with E-state index >= 15 is 0 Å². The molecule has 0 bridgehead atoms. The van der Waals surface area contributed by atoms with Gasteiger partial charge in [-0.3, -0.25) is 4.79 Å². The van der Waals surface area contributed by atoms with Gasteiger partial charge < -0.3 is 4.74 Å². The Hall–Kier alpha value is -1.31. The zero-order valence-electron chi connectivity index (χ0n) is 10.6. The number of carbonyl (C=O) groups excluding carboxylic acids is 1. The summed E-state index contributed by atoms with van der Waals surface area (Å²) in [5, 5.41) is 0. The molecule has 1 aliphatic carbocycles. The van der Waals surface area contributed by atoms with E-state index in [0.29, 0.717) is 5.92 Å². The van der Waals surface area contributed by atoms with Crippen molar-refractivity contribution in [1.29, 1.82) is 0 Å². The SMILES string of the molecule is Cc1ccc(C)c2c1CC[C@H]1[C@H](C)C(=O)O[C@H]21. The monoisotopic (exact) mass is 230 g/mol. The molecular weight excluding hydrogens is 212 g/mol. The van der Waals surface area contributed by atoms with Gasteiger partial charge in [0.05, 0.1) is 5.92 Å². The van der Waals surface area contributed by atoms with Crippen molar-refractivity contribution >= 4 is 5.97 Å². The van der Waals surface area contributed by atoms with E-state index in [-0.39, 0.29) is 18.0 Å². The lowest BCUT2D eigenvalue weighted by atomic mass is 9.75. The van der Waals surface area contributed by atoms with Crippen LogP contribution in [-0.4, -0.2) is 5.97 Å². The molecule has 0 saturated carbocycles. The van der Waals surface area contributed by atoms with E-state index in [2.05, 4.69) is 26.0 Å². The summed E-state index contributed by atoms with van der Waals surface area (Å²) in [4.78, 5) is 11.7. The van der Waals surface area contributed by atoms with Gasteiger partial charge in [0, 0.05) is 5.92 Å². The first-order valence-corrected chi connectivity index (χ1v) is 6.39. The highest BCUT2D eigenvalue weighted by Gasteiger charge is 2.45. The lowest BCUT2D eigenvalue weighted by Gasteiger charge is -2.30. The summed E-state index contributed by atoms with van der Waals surface area (Å²) in [5.74, 6) is 0.428. The number of fused-ring (bicyclic) bond motifs is 3. The third kappa shape index (κ3) is 1.43. The molecule has 1 aromatic rings. The molecule has 0 radical (unpaired) electrons. The van der Waals surface area contributed by atoms with Crippen molar-refractivity contribution in [3.05, 3.63) is 34.4 Å². The van der Waals surface area contributed by atoms with Gasteiger partial charge in [-0.2, -0.15) is 0 Å². The largest absolute Gasteiger partial charge is 0.457 e. The van der Waals surface area contributed by atoms with Gasteiger partial charge in [-0.15, -0.1) is 0 Å². The Labute approximate surface area is 102 Å². The Balaban J connectivity index is 2.14. The fraction of sp³-hybridized carbons (Fsp3) is 0.533. The minimum Gasteiger partial charge on any atom is -0.457 e. The van der Waals surface area contributed by atoms with Crippen LogP contribution in [0.4, 0.5) is 0 Å². The third-order valence-electron chi connectivity index (χ3n) is 4.47. The third-order valence-corrected chi connectivity index (χ3v) is 4.47. The average Bonchev–Trinajstić information content (AvgIpc) is 2.60. The predicted molar refractivity (Wildman–Crippen MR) is 65.7 cm³/mol. The van der Waals surface area contributed by atoms with E-state index in [1.165, 1.54) is 22.3 Å². The van der Waals surface area contributed by atoms with Gasteiger partial charge in [0.15, 0.2) is 0 Å². The van der Waals surface area contributed by atoms with Crippen LogP contribution in [0.2, 0.25) is 0 Å². The van der Waals surface area contributed by atoms with E-state index in [4.69, 9.17) is 4.74 Å². The Morgan fingerprint density at radius 2 is 1.94 bits per heavy atom. The average molecular weight is 230 g/mol. The minimum absolute atomic E-state index is 0.0150. The van der Waals surface area contributed by atoms with Crippen LogP contribution < -0.4 is 0 Å². The summed E-state index contributed by atoms with van der Waals surface area (Å²) in [7, 11) is 0. The van der Waals surface area contributed by atoms with Gasteiger partial charge in [-0.25, -0.2) is 0 Å². The summed E-state index contributed by atoms with van der Waals surface area (Å²) >= 11 is 0. The fourth-order valence-corrected chi connectivity index (χ4v) is 3.36. The number of hydrogen-bond donors (Lipinski definition) is 0. The fourth-order valence-electron chi connectivity index (χ4n) is 3.36. The van der Waals surface area contributed by atoms with Crippen LogP contribution in [0.3, 0.4) is 0 Å². The quantitative estimate of drug-likeness (QED) is 0.640. The Kier molecular flexibility index (Phi) is 2.29. The van der Waals surface area contributed by atoms with Crippen LogP contribution >= 0.6 is 0 Å². The molecule has 0 unspecified atom stereocenters. The number of esters is 1. The molecule has 1 fully saturated rings.